The summed E-state index contributed by atoms with van der Waals surface area (Å²) < 4.78 is 5.15. The Morgan fingerprint density at radius 3 is 2.86 bits per heavy atom. The number of nitrogens with zero attached hydrogens (tertiary/aromatic N) is 3. The highest BCUT2D eigenvalue weighted by Crippen LogP contribution is 2.35. The van der Waals surface area contributed by atoms with Crippen LogP contribution in [0, 0.1) is 6.92 Å². The van der Waals surface area contributed by atoms with E-state index in [4.69, 9.17) is 4.52 Å². The molecule has 0 spiro atoms. The second-order valence-electron chi connectivity index (χ2n) is 7.76. The molecule has 1 N–H and O–H groups in total. The second kappa shape index (κ2) is 8.03. The molecule has 2 amide bonds. The van der Waals surface area contributed by atoms with Gasteiger partial charge in [0, 0.05) is 37.7 Å². The normalized spacial score (nSPS) is 18.5. The molecule has 0 radical (unpaired) electrons. The van der Waals surface area contributed by atoms with Crippen LogP contribution < -0.4 is 5.32 Å². The van der Waals surface area contributed by atoms with Crippen LogP contribution in [-0.4, -0.2) is 33.4 Å². The summed E-state index contributed by atoms with van der Waals surface area (Å²) in [5, 5.41) is 9.29. The van der Waals surface area contributed by atoms with Gasteiger partial charge in [-0.25, -0.2) is 0 Å². The van der Waals surface area contributed by atoms with Crippen LogP contribution in [0.2, 0.25) is 0 Å². The fraction of sp³-hybridized carbons (Fsp3) is 0.600. The molecule has 0 atom stereocenters. The first-order valence-electron chi connectivity index (χ1n) is 10.0. The number of aromatic nitrogens is 2. The second-order valence-corrected chi connectivity index (χ2v) is 8.76. The van der Waals surface area contributed by atoms with Crippen molar-refractivity contribution in [1.29, 1.82) is 0 Å². The Hall–Kier alpha value is -2.22. The molecule has 28 heavy (non-hydrogen) atoms. The number of nitrogens with one attached hydrogen (secondary N) is 1. The first-order valence-corrected chi connectivity index (χ1v) is 10.9. The summed E-state index contributed by atoms with van der Waals surface area (Å²) in [6.07, 6.45) is 6.11. The number of carbonyl (C=O) groups is 2. The highest BCUT2D eigenvalue weighted by atomic mass is 32.1. The van der Waals surface area contributed by atoms with Crippen LogP contribution in [0.5, 0.6) is 0 Å². The van der Waals surface area contributed by atoms with Crippen molar-refractivity contribution in [3.8, 4) is 0 Å². The average molecular weight is 403 g/mol. The SMILES string of the molecule is Cc1nc(C2(NC(=O)CCC(=O)N3CCc4sccc4C3)CCCCC2)no1. The van der Waals surface area contributed by atoms with Crippen molar-refractivity contribution in [3.63, 3.8) is 0 Å². The minimum atomic E-state index is -0.563. The van der Waals surface area contributed by atoms with E-state index in [0.29, 0.717) is 18.3 Å². The zero-order valence-electron chi connectivity index (χ0n) is 16.2. The van der Waals surface area contributed by atoms with Gasteiger partial charge in [0.05, 0.1) is 0 Å². The fourth-order valence-corrected chi connectivity index (χ4v) is 5.11. The Bertz CT molecular complexity index is 853. The van der Waals surface area contributed by atoms with Crippen molar-refractivity contribution in [2.24, 2.45) is 0 Å². The van der Waals surface area contributed by atoms with Gasteiger partial charge in [-0.2, -0.15) is 4.98 Å². The zero-order valence-corrected chi connectivity index (χ0v) is 17.0. The van der Waals surface area contributed by atoms with Crippen molar-refractivity contribution in [1.82, 2.24) is 20.4 Å². The number of hydrogen-bond donors (Lipinski definition) is 1. The van der Waals surface area contributed by atoms with E-state index < -0.39 is 5.54 Å². The minimum absolute atomic E-state index is 0.0418. The van der Waals surface area contributed by atoms with Crippen LogP contribution >= 0.6 is 11.3 Å². The number of thiophene rings is 1. The Kier molecular flexibility index (Phi) is 5.48. The maximum absolute atomic E-state index is 12.7. The van der Waals surface area contributed by atoms with Crippen molar-refractivity contribution in [3.05, 3.63) is 33.6 Å². The Morgan fingerprint density at radius 1 is 1.29 bits per heavy atom. The number of carbonyl (C=O) groups excluding carboxylic acids is 2. The molecular formula is C20H26N4O3S. The number of amides is 2. The van der Waals surface area contributed by atoms with E-state index in [9.17, 15) is 9.59 Å². The number of rotatable bonds is 5. The van der Waals surface area contributed by atoms with Crippen LogP contribution in [0.4, 0.5) is 0 Å². The van der Waals surface area contributed by atoms with Crippen LogP contribution in [0.3, 0.4) is 0 Å². The lowest BCUT2D eigenvalue weighted by Crippen LogP contribution is -2.48. The molecule has 1 fully saturated rings. The van der Waals surface area contributed by atoms with Crippen LogP contribution in [-0.2, 0) is 28.1 Å². The van der Waals surface area contributed by atoms with E-state index >= 15 is 0 Å². The predicted molar refractivity (Wildman–Crippen MR) is 105 cm³/mol. The van der Waals surface area contributed by atoms with Gasteiger partial charge in [-0.15, -0.1) is 11.3 Å². The van der Waals surface area contributed by atoms with Gasteiger partial charge in [-0.3, -0.25) is 9.59 Å². The number of aryl methyl sites for hydroxylation is 1. The summed E-state index contributed by atoms with van der Waals surface area (Å²) >= 11 is 1.75. The lowest BCUT2D eigenvalue weighted by Gasteiger charge is -2.35. The van der Waals surface area contributed by atoms with Gasteiger partial charge in [-0.1, -0.05) is 24.4 Å². The molecule has 3 heterocycles. The molecule has 0 aromatic carbocycles. The summed E-state index contributed by atoms with van der Waals surface area (Å²) in [6.45, 7) is 3.15. The molecule has 1 saturated carbocycles. The van der Waals surface area contributed by atoms with Gasteiger partial charge in [0.15, 0.2) is 5.82 Å². The summed E-state index contributed by atoms with van der Waals surface area (Å²) in [6, 6.07) is 2.09. The quantitative estimate of drug-likeness (QED) is 0.830. The third kappa shape index (κ3) is 3.97. The Balaban J connectivity index is 1.34. The largest absolute Gasteiger partial charge is 0.343 e. The van der Waals surface area contributed by atoms with E-state index in [2.05, 4.69) is 26.9 Å². The minimum Gasteiger partial charge on any atom is -0.343 e. The van der Waals surface area contributed by atoms with E-state index in [1.165, 1.54) is 10.4 Å². The average Bonchev–Trinajstić information content (AvgIpc) is 3.35. The summed E-state index contributed by atoms with van der Waals surface area (Å²) in [5.74, 6) is 0.985. The molecule has 150 valence electrons. The smallest absolute Gasteiger partial charge is 0.223 e. The zero-order chi connectivity index (χ0) is 19.6. The molecule has 7 nitrogen and oxygen atoms in total. The lowest BCUT2D eigenvalue weighted by molar-refractivity contribution is -0.135. The summed E-state index contributed by atoms with van der Waals surface area (Å²) in [5.41, 5.74) is 0.676. The maximum atomic E-state index is 12.7. The predicted octanol–water partition coefficient (Wildman–Crippen LogP) is 3.08. The molecule has 2 aromatic heterocycles. The van der Waals surface area contributed by atoms with Crippen LogP contribution in [0.15, 0.2) is 16.0 Å². The van der Waals surface area contributed by atoms with E-state index in [1.54, 1.807) is 18.3 Å². The highest BCUT2D eigenvalue weighted by Gasteiger charge is 2.39. The molecule has 2 aliphatic rings. The van der Waals surface area contributed by atoms with Crippen LogP contribution in [0.25, 0.3) is 0 Å². The Labute approximate surface area is 168 Å². The molecule has 1 aliphatic carbocycles. The molecule has 4 rings (SSSR count). The van der Waals surface area contributed by atoms with E-state index in [-0.39, 0.29) is 24.7 Å². The third-order valence-electron chi connectivity index (χ3n) is 5.77. The standard InChI is InChI=1S/C20H26N4O3S/c1-14-21-19(23-27-14)20(9-3-2-4-10-20)22-17(25)5-6-18(26)24-11-7-16-15(13-24)8-12-28-16/h8,12H,2-7,9-11,13H2,1H3,(H,22,25). The van der Waals surface area contributed by atoms with Gasteiger partial charge >= 0.3 is 0 Å². The van der Waals surface area contributed by atoms with Crippen molar-refractivity contribution in [2.75, 3.05) is 6.54 Å². The van der Waals surface area contributed by atoms with Crippen LogP contribution in [0.1, 0.15) is 67.1 Å². The van der Waals surface area contributed by atoms with Gasteiger partial charge in [0.25, 0.3) is 0 Å². The topological polar surface area (TPSA) is 88.3 Å². The molecule has 1 aliphatic heterocycles. The Morgan fingerprint density at radius 2 is 2.11 bits per heavy atom. The maximum Gasteiger partial charge on any atom is 0.223 e. The monoisotopic (exact) mass is 402 g/mol. The molecule has 0 saturated heterocycles. The number of fused-ring (bicyclic) bond motifs is 1. The summed E-state index contributed by atoms with van der Waals surface area (Å²) in [4.78, 5) is 32.9. The van der Waals surface area contributed by atoms with Gasteiger partial charge in [-0.05, 0) is 36.3 Å². The van der Waals surface area contributed by atoms with Gasteiger partial charge < -0.3 is 14.7 Å². The third-order valence-corrected chi connectivity index (χ3v) is 6.79. The van der Waals surface area contributed by atoms with Crippen molar-refractivity contribution in [2.45, 2.75) is 70.4 Å². The highest BCUT2D eigenvalue weighted by molar-refractivity contribution is 7.10. The first-order chi connectivity index (χ1) is 13.6. The van der Waals surface area contributed by atoms with Gasteiger partial charge in [0.1, 0.15) is 5.54 Å². The first kappa shape index (κ1) is 19.1. The molecule has 0 unspecified atom stereocenters. The fourth-order valence-electron chi connectivity index (χ4n) is 4.22. The summed E-state index contributed by atoms with van der Waals surface area (Å²) in [7, 11) is 0. The molecule has 2 aromatic rings. The van der Waals surface area contributed by atoms with Crippen molar-refractivity contribution >= 4 is 23.2 Å². The van der Waals surface area contributed by atoms with E-state index in [1.807, 2.05) is 4.90 Å². The molecule has 8 heteroatoms. The number of hydrogen-bond acceptors (Lipinski definition) is 6. The van der Waals surface area contributed by atoms with Gasteiger partial charge in [0.2, 0.25) is 17.7 Å². The van der Waals surface area contributed by atoms with E-state index in [0.717, 1.165) is 45.1 Å². The lowest BCUT2D eigenvalue weighted by atomic mass is 9.81. The molecule has 0 bridgehead atoms. The van der Waals surface area contributed by atoms with Crippen molar-refractivity contribution < 1.29 is 14.1 Å². The molecular weight excluding hydrogens is 376 g/mol.